The highest BCUT2D eigenvalue weighted by Gasteiger charge is 2.18. The van der Waals surface area contributed by atoms with Crippen molar-refractivity contribution in [1.82, 2.24) is 0 Å². The Morgan fingerprint density at radius 3 is 2.43 bits per heavy atom. The number of ether oxygens (including phenoxy) is 2. The highest BCUT2D eigenvalue weighted by Crippen LogP contribution is 2.29. The Morgan fingerprint density at radius 1 is 1.09 bits per heavy atom. The molecule has 0 aromatic heterocycles. The molecule has 0 spiro atoms. The van der Waals surface area contributed by atoms with Gasteiger partial charge in [0.05, 0.1) is 7.11 Å². The lowest BCUT2D eigenvalue weighted by atomic mass is 10.2. The third kappa shape index (κ3) is 3.79. The first-order valence-corrected chi connectivity index (χ1v) is 6.89. The Bertz CT molecular complexity index is 699. The molecule has 0 unspecified atom stereocenters. The van der Waals surface area contributed by atoms with Gasteiger partial charge in [-0.05, 0) is 24.3 Å². The summed E-state index contributed by atoms with van der Waals surface area (Å²) in [4.78, 5) is 25.4. The van der Waals surface area contributed by atoms with Crippen LogP contribution in [0.2, 0.25) is 0 Å². The number of anilines is 1. The van der Waals surface area contributed by atoms with E-state index in [4.69, 9.17) is 9.47 Å². The van der Waals surface area contributed by atoms with Gasteiger partial charge in [-0.1, -0.05) is 24.3 Å². The summed E-state index contributed by atoms with van der Waals surface area (Å²) in [5, 5.41) is 9.89. The van der Waals surface area contributed by atoms with E-state index in [0.717, 1.165) is 0 Å². The largest absolute Gasteiger partial charge is 0.504 e. The van der Waals surface area contributed by atoms with Gasteiger partial charge in [-0.25, -0.2) is 4.79 Å². The molecule has 2 aromatic rings. The fourth-order valence-corrected chi connectivity index (χ4v) is 1.95. The number of hydrogen-bond donors (Lipinski definition) is 1. The number of methoxy groups -OCH3 is 1. The van der Waals surface area contributed by atoms with E-state index in [1.54, 1.807) is 37.4 Å². The van der Waals surface area contributed by atoms with Crippen molar-refractivity contribution in [3.63, 3.8) is 0 Å². The van der Waals surface area contributed by atoms with Crippen LogP contribution in [-0.2, 0) is 9.53 Å². The molecule has 0 saturated heterocycles. The van der Waals surface area contributed by atoms with Crippen LogP contribution in [-0.4, -0.2) is 37.7 Å². The Kier molecular flexibility index (Phi) is 5.19. The predicted octanol–water partition coefficient (Wildman–Crippen LogP) is 2.22. The number of hydrogen-bond acceptors (Lipinski definition) is 5. The highest BCUT2D eigenvalue weighted by atomic mass is 16.5. The van der Waals surface area contributed by atoms with E-state index >= 15 is 0 Å². The van der Waals surface area contributed by atoms with Crippen molar-refractivity contribution in [2.24, 2.45) is 0 Å². The van der Waals surface area contributed by atoms with E-state index < -0.39 is 12.6 Å². The minimum atomic E-state index is -0.795. The third-order valence-corrected chi connectivity index (χ3v) is 3.28. The molecule has 1 N–H and O–H groups in total. The van der Waals surface area contributed by atoms with Crippen LogP contribution in [0.5, 0.6) is 11.5 Å². The molecule has 6 heteroatoms. The van der Waals surface area contributed by atoms with Crippen LogP contribution in [0.1, 0.15) is 10.4 Å². The van der Waals surface area contributed by atoms with Gasteiger partial charge in [0.1, 0.15) is 5.56 Å². The summed E-state index contributed by atoms with van der Waals surface area (Å²) in [6.07, 6.45) is 0. The maximum atomic E-state index is 12.0. The molecule has 0 heterocycles. The van der Waals surface area contributed by atoms with Crippen LogP contribution in [0.15, 0.2) is 48.5 Å². The fraction of sp³-hybridized carbons (Fsp3) is 0.176. The number of para-hydroxylation sites is 2. The van der Waals surface area contributed by atoms with Crippen molar-refractivity contribution in [3.8, 4) is 11.5 Å². The normalized spacial score (nSPS) is 10.0. The lowest BCUT2D eigenvalue weighted by molar-refractivity contribution is -0.121. The van der Waals surface area contributed by atoms with E-state index in [-0.39, 0.29) is 23.0 Å². The number of amides is 1. The molecule has 23 heavy (non-hydrogen) atoms. The maximum absolute atomic E-state index is 12.0. The summed E-state index contributed by atoms with van der Waals surface area (Å²) in [5.41, 5.74) is 0.636. The molecule has 0 bridgehead atoms. The molecular formula is C17H17NO5. The summed E-state index contributed by atoms with van der Waals surface area (Å²) in [7, 11) is 2.97. The summed E-state index contributed by atoms with van der Waals surface area (Å²) in [6, 6.07) is 13.5. The molecule has 2 rings (SSSR count). The van der Waals surface area contributed by atoms with Gasteiger partial charge in [0, 0.05) is 12.7 Å². The monoisotopic (exact) mass is 315 g/mol. The second-order valence-electron chi connectivity index (χ2n) is 4.72. The molecule has 0 atom stereocenters. The zero-order valence-corrected chi connectivity index (χ0v) is 12.9. The number of rotatable bonds is 5. The summed E-state index contributed by atoms with van der Waals surface area (Å²) >= 11 is 0. The lowest BCUT2D eigenvalue weighted by Gasteiger charge is -2.17. The highest BCUT2D eigenvalue weighted by molar-refractivity contribution is 5.98. The number of carbonyl (C=O) groups excluding carboxylic acids is 2. The first-order chi connectivity index (χ1) is 11.0. The van der Waals surface area contributed by atoms with Crippen LogP contribution < -0.4 is 9.64 Å². The SMILES string of the molecule is COc1cccc(C(=O)OCC(=O)N(C)c2ccccc2)c1O. The minimum Gasteiger partial charge on any atom is -0.504 e. The van der Waals surface area contributed by atoms with Crippen molar-refractivity contribution in [3.05, 3.63) is 54.1 Å². The maximum Gasteiger partial charge on any atom is 0.342 e. The number of likely N-dealkylation sites (N-methyl/N-ethyl adjacent to an activating group) is 1. The van der Waals surface area contributed by atoms with Gasteiger partial charge in [0.2, 0.25) is 0 Å². The zero-order valence-electron chi connectivity index (χ0n) is 12.9. The lowest BCUT2D eigenvalue weighted by Crippen LogP contribution is -2.31. The van der Waals surface area contributed by atoms with Crippen LogP contribution in [0.4, 0.5) is 5.69 Å². The Morgan fingerprint density at radius 2 is 1.78 bits per heavy atom. The van der Waals surface area contributed by atoms with Crippen molar-refractivity contribution in [1.29, 1.82) is 0 Å². The van der Waals surface area contributed by atoms with Gasteiger partial charge in [0.15, 0.2) is 18.1 Å². The Labute approximate surface area is 133 Å². The summed E-state index contributed by atoms with van der Waals surface area (Å²) in [5.74, 6) is -1.33. The number of phenols is 1. The number of esters is 1. The average molecular weight is 315 g/mol. The molecule has 2 aromatic carbocycles. The fourth-order valence-electron chi connectivity index (χ4n) is 1.95. The molecule has 0 saturated carbocycles. The number of aromatic hydroxyl groups is 1. The van der Waals surface area contributed by atoms with Gasteiger partial charge in [-0.2, -0.15) is 0 Å². The Balaban J connectivity index is 2.01. The van der Waals surface area contributed by atoms with Crippen LogP contribution in [0.25, 0.3) is 0 Å². The second-order valence-corrected chi connectivity index (χ2v) is 4.72. The van der Waals surface area contributed by atoms with Gasteiger partial charge in [-0.15, -0.1) is 0 Å². The van der Waals surface area contributed by atoms with Crippen LogP contribution >= 0.6 is 0 Å². The molecule has 0 radical (unpaired) electrons. The van der Waals surface area contributed by atoms with Crippen molar-refractivity contribution < 1.29 is 24.2 Å². The average Bonchev–Trinajstić information content (AvgIpc) is 2.59. The van der Waals surface area contributed by atoms with Gasteiger partial charge in [-0.3, -0.25) is 4.79 Å². The van der Waals surface area contributed by atoms with E-state index in [2.05, 4.69) is 0 Å². The van der Waals surface area contributed by atoms with Crippen LogP contribution in [0.3, 0.4) is 0 Å². The molecular weight excluding hydrogens is 298 g/mol. The van der Waals surface area contributed by atoms with Crippen molar-refractivity contribution in [2.45, 2.75) is 0 Å². The predicted molar refractivity (Wildman–Crippen MR) is 84.8 cm³/mol. The van der Waals surface area contributed by atoms with E-state index in [9.17, 15) is 14.7 Å². The molecule has 6 nitrogen and oxygen atoms in total. The topological polar surface area (TPSA) is 76.1 Å². The number of nitrogens with zero attached hydrogens (tertiary/aromatic N) is 1. The van der Waals surface area contributed by atoms with Gasteiger partial charge in [0.25, 0.3) is 5.91 Å². The zero-order chi connectivity index (χ0) is 16.8. The van der Waals surface area contributed by atoms with Gasteiger partial charge >= 0.3 is 5.97 Å². The summed E-state index contributed by atoms with van der Waals surface area (Å²) in [6.45, 7) is -0.430. The van der Waals surface area contributed by atoms with Crippen LogP contribution in [0, 0.1) is 0 Å². The molecule has 0 aliphatic heterocycles. The number of carbonyl (C=O) groups is 2. The first-order valence-electron chi connectivity index (χ1n) is 6.89. The standard InChI is InChI=1S/C17H17NO5/c1-18(12-7-4-3-5-8-12)15(19)11-23-17(21)13-9-6-10-14(22-2)16(13)20/h3-10,20H,11H2,1-2H3. The minimum absolute atomic E-state index is 0.0560. The second kappa shape index (κ2) is 7.31. The van der Waals surface area contributed by atoms with Crippen molar-refractivity contribution >= 4 is 17.6 Å². The Hall–Kier alpha value is -3.02. The number of phenolic OH excluding ortho intramolecular Hbond substituents is 1. The van der Waals surface area contributed by atoms with Crippen molar-refractivity contribution in [2.75, 3.05) is 25.7 Å². The quantitative estimate of drug-likeness (QED) is 0.856. The van der Waals surface area contributed by atoms with E-state index in [1.165, 1.54) is 24.1 Å². The molecule has 0 aliphatic rings. The summed E-state index contributed by atoms with van der Waals surface area (Å²) < 4.78 is 9.89. The van der Waals surface area contributed by atoms with E-state index in [0.29, 0.717) is 5.69 Å². The molecule has 0 fully saturated rings. The first kappa shape index (κ1) is 16.4. The van der Waals surface area contributed by atoms with E-state index in [1.807, 2.05) is 6.07 Å². The van der Waals surface area contributed by atoms with Gasteiger partial charge < -0.3 is 19.5 Å². The third-order valence-electron chi connectivity index (χ3n) is 3.28. The molecule has 1 amide bonds. The number of benzene rings is 2. The smallest absolute Gasteiger partial charge is 0.342 e. The molecule has 0 aliphatic carbocycles. The molecule has 120 valence electrons.